The Morgan fingerprint density at radius 2 is 2.03 bits per heavy atom. The zero-order valence-corrected chi connectivity index (χ0v) is 20.3. The molecular weight excluding hydrogens is 480 g/mol. The highest BCUT2D eigenvalue weighted by Gasteiger charge is 2.16. The van der Waals surface area contributed by atoms with Gasteiger partial charge in [0.2, 0.25) is 5.91 Å². The molecule has 9 nitrogen and oxygen atoms in total. The van der Waals surface area contributed by atoms with Gasteiger partial charge in [-0.2, -0.15) is 0 Å². The lowest BCUT2D eigenvalue weighted by atomic mass is 10.2. The number of aromatic nitrogens is 4. The first-order valence-corrected chi connectivity index (χ1v) is 12.8. The van der Waals surface area contributed by atoms with Gasteiger partial charge in [0.05, 0.1) is 32.3 Å². The highest BCUT2D eigenvalue weighted by atomic mass is 32.2. The van der Waals surface area contributed by atoms with E-state index >= 15 is 0 Å². The fourth-order valence-electron chi connectivity index (χ4n) is 3.06. The first kappa shape index (κ1) is 23.2. The van der Waals surface area contributed by atoms with Crippen LogP contribution in [0.25, 0.3) is 10.2 Å². The Morgan fingerprint density at radius 3 is 2.79 bits per heavy atom. The van der Waals surface area contributed by atoms with Crippen LogP contribution < -0.4 is 5.32 Å². The first-order chi connectivity index (χ1) is 15.9. The van der Waals surface area contributed by atoms with Crippen LogP contribution >= 0.6 is 34.9 Å². The molecule has 0 aliphatic heterocycles. The monoisotopic (exact) mass is 500 g/mol. The quantitative estimate of drug-likeness (QED) is 0.191. The summed E-state index contributed by atoms with van der Waals surface area (Å²) in [6.07, 6.45) is 0. The molecule has 0 aliphatic carbocycles. The lowest BCUT2D eigenvalue weighted by molar-refractivity contribution is -0.384. The number of non-ortho nitro benzene ring substituents is 1. The van der Waals surface area contributed by atoms with E-state index < -0.39 is 4.92 Å². The molecule has 0 atom stereocenters. The second kappa shape index (κ2) is 10.3. The molecule has 1 amide bonds. The molecule has 1 N–H and O–H groups in total. The van der Waals surface area contributed by atoms with Gasteiger partial charge in [-0.25, -0.2) is 4.98 Å². The minimum atomic E-state index is -0.485. The summed E-state index contributed by atoms with van der Waals surface area (Å²) in [6.45, 7) is 4.47. The van der Waals surface area contributed by atoms with Crippen molar-refractivity contribution in [1.29, 1.82) is 0 Å². The first-order valence-electron chi connectivity index (χ1n) is 10.0. The maximum atomic E-state index is 12.5. The lowest BCUT2D eigenvalue weighted by Gasteiger charge is -2.09. The summed E-state index contributed by atoms with van der Waals surface area (Å²) in [5.41, 5.74) is 2.11. The van der Waals surface area contributed by atoms with E-state index in [-0.39, 0.29) is 17.3 Å². The van der Waals surface area contributed by atoms with Gasteiger partial charge in [-0.05, 0) is 31.5 Å². The molecule has 0 bridgehead atoms. The topological polar surface area (TPSA) is 116 Å². The number of nitro benzene ring substituents is 1. The minimum Gasteiger partial charge on any atom is -0.325 e. The van der Waals surface area contributed by atoms with E-state index in [9.17, 15) is 14.9 Å². The van der Waals surface area contributed by atoms with Crippen LogP contribution in [0, 0.1) is 17.0 Å². The summed E-state index contributed by atoms with van der Waals surface area (Å²) >= 11 is 4.55. The van der Waals surface area contributed by atoms with E-state index in [2.05, 4.69) is 26.6 Å². The van der Waals surface area contributed by atoms with E-state index in [0.717, 1.165) is 25.9 Å². The molecule has 2 heterocycles. The Morgan fingerprint density at radius 1 is 1.21 bits per heavy atom. The van der Waals surface area contributed by atoms with Crippen LogP contribution in [-0.4, -0.2) is 36.3 Å². The lowest BCUT2D eigenvalue weighted by Crippen LogP contribution is -2.15. The van der Waals surface area contributed by atoms with E-state index in [4.69, 9.17) is 0 Å². The molecular formula is C21H20N6O3S3. The van der Waals surface area contributed by atoms with Crippen molar-refractivity contribution < 1.29 is 9.72 Å². The van der Waals surface area contributed by atoms with Crippen LogP contribution in [0.5, 0.6) is 0 Å². The van der Waals surface area contributed by atoms with Gasteiger partial charge in [0, 0.05) is 18.7 Å². The third kappa shape index (κ3) is 5.52. The van der Waals surface area contributed by atoms with Gasteiger partial charge in [-0.3, -0.25) is 14.9 Å². The number of nitrogens with one attached hydrogen (secondary N) is 1. The highest BCUT2D eigenvalue weighted by Crippen LogP contribution is 2.31. The van der Waals surface area contributed by atoms with Gasteiger partial charge in [0.1, 0.15) is 5.82 Å². The van der Waals surface area contributed by atoms with Crippen LogP contribution in [0.15, 0.2) is 52.0 Å². The molecule has 0 unspecified atom stereocenters. The normalized spacial score (nSPS) is 11.1. The summed E-state index contributed by atoms with van der Waals surface area (Å²) in [5.74, 6) is 1.30. The van der Waals surface area contributed by atoms with Crippen LogP contribution in [0.2, 0.25) is 0 Å². The number of amides is 1. The van der Waals surface area contributed by atoms with Crippen LogP contribution in [0.3, 0.4) is 0 Å². The third-order valence-electron chi connectivity index (χ3n) is 4.75. The van der Waals surface area contributed by atoms with Crippen LogP contribution in [-0.2, 0) is 17.1 Å². The molecule has 4 aromatic rings. The van der Waals surface area contributed by atoms with Crippen LogP contribution in [0.4, 0.5) is 11.4 Å². The summed E-state index contributed by atoms with van der Waals surface area (Å²) in [4.78, 5) is 27.6. The zero-order chi connectivity index (χ0) is 23.4. The number of aryl methyl sites for hydroxylation is 1. The number of nitrogens with zero attached hydrogens (tertiary/aromatic N) is 5. The molecule has 2 aromatic heterocycles. The van der Waals surface area contributed by atoms with Crippen molar-refractivity contribution in [3.05, 3.63) is 64.0 Å². The Labute approximate surface area is 202 Å². The van der Waals surface area contributed by atoms with E-state index in [1.54, 1.807) is 36.1 Å². The smallest absolute Gasteiger partial charge is 0.271 e. The third-order valence-corrected chi connectivity index (χ3v) is 7.89. The largest absolute Gasteiger partial charge is 0.325 e. The van der Waals surface area contributed by atoms with Gasteiger partial charge in [-0.15, -0.1) is 21.5 Å². The number of carbonyl (C=O) groups excluding carboxylic acids is 1. The molecule has 0 saturated carbocycles. The predicted octanol–water partition coefficient (Wildman–Crippen LogP) is 5.15. The Hall–Kier alpha value is -2.96. The highest BCUT2D eigenvalue weighted by molar-refractivity contribution is 8.00. The number of nitro groups is 1. The van der Waals surface area contributed by atoms with E-state index in [0.29, 0.717) is 23.1 Å². The van der Waals surface area contributed by atoms with E-state index in [1.807, 2.05) is 29.7 Å². The molecule has 170 valence electrons. The van der Waals surface area contributed by atoms with E-state index in [1.165, 1.54) is 23.9 Å². The van der Waals surface area contributed by atoms with Gasteiger partial charge in [0.25, 0.3) is 5.69 Å². The molecule has 4 rings (SSSR count). The Kier molecular flexibility index (Phi) is 7.26. The van der Waals surface area contributed by atoms with Crippen molar-refractivity contribution >= 4 is 62.4 Å². The average Bonchev–Trinajstić information content (AvgIpc) is 3.40. The summed E-state index contributed by atoms with van der Waals surface area (Å²) < 4.78 is 4.11. The number of thiazole rings is 1. The van der Waals surface area contributed by atoms with Gasteiger partial charge >= 0.3 is 0 Å². The summed E-state index contributed by atoms with van der Waals surface area (Å²) in [6, 6.07) is 12.4. The Bertz CT molecular complexity index is 1290. The molecule has 33 heavy (non-hydrogen) atoms. The van der Waals surface area contributed by atoms with Crippen LogP contribution in [0.1, 0.15) is 18.3 Å². The maximum Gasteiger partial charge on any atom is 0.271 e. The fourth-order valence-corrected chi connectivity index (χ4v) is 5.89. The SMILES string of the molecule is CCn1c(CSc2nc3ccccc3s2)nnc1SCC(=O)Nc1cc([N+](=O)[O-])ccc1C. The van der Waals surface area contributed by atoms with Gasteiger partial charge in [-0.1, -0.05) is 41.7 Å². The Balaban J connectivity index is 1.37. The minimum absolute atomic E-state index is 0.0652. The van der Waals surface area contributed by atoms with Crippen molar-refractivity contribution in [3.8, 4) is 0 Å². The maximum absolute atomic E-state index is 12.5. The number of hydrogen-bond donors (Lipinski definition) is 1. The molecule has 0 fully saturated rings. The number of anilines is 1. The molecule has 0 saturated heterocycles. The predicted molar refractivity (Wildman–Crippen MR) is 132 cm³/mol. The molecule has 0 radical (unpaired) electrons. The number of para-hydroxylation sites is 1. The number of rotatable bonds is 9. The number of benzene rings is 2. The van der Waals surface area contributed by atoms with Crippen molar-refractivity contribution in [2.75, 3.05) is 11.1 Å². The summed E-state index contributed by atoms with van der Waals surface area (Å²) in [5, 5.41) is 22.9. The zero-order valence-electron chi connectivity index (χ0n) is 17.8. The number of fused-ring (bicyclic) bond motifs is 1. The van der Waals surface area contributed by atoms with Crippen molar-refractivity contribution in [2.24, 2.45) is 0 Å². The van der Waals surface area contributed by atoms with Crippen molar-refractivity contribution in [3.63, 3.8) is 0 Å². The average molecular weight is 501 g/mol. The molecule has 0 aliphatic rings. The van der Waals surface area contributed by atoms with Gasteiger partial charge in [0.15, 0.2) is 9.50 Å². The number of carbonyl (C=O) groups is 1. The molecule has 2 aromatic carbocycles. The molecule has 12 heteroatoms. The number of hydrogen-bond acceptors (Lipinski definition) is 9. The number of thioether (sulfide) groups is 2. The standard InChI is InChI=1S/C21H20N6O3S3/c1-3-26-18(11-32-21-23-15-6-4-5-7-17(15)33-21)24-25-20(26)31-12-19(28)22-16-10-14(27(29)30)9-8-13(16)2/h4-10H,3,11-12H2,1-2H3,(H,22,28). The molecule has 0 spiro atoms. The summed E-state index contributed by atoms with van der Waals surface area (Å²) in [7, 11) is 0. The van der Waals surface area contributed by atoms with Crippen molar-refractivity contribution in [2.45, 2.75) is 35.6 Å². The fraction of sp³-hybridized carbons (Fsp3) is 0.238. The van der Waals surface area contributed by atoms with Gasteiger partial charge < -0.3 is 9.88 Å². The second-order valence-corrected chi connectivity index (χ2v) is 10.2. The second-order valence-electron chi connectivity index (χ2n) is 6.97. The van der Waals surface area contributed by atoms with Crippen molar-refractivity contribution in [1.82, 2.24) is 19.7 Å².